The molecule has 2 rings (SSSR count). The second kappa shape index (κ2) is 6.48. The van der Waals surface area contributed by atoms with Crippen LogP contribution in [0.2, 0.25) is 0 Å². The van der Waals surface area contributed by atoms with Gasteiger partial charge >= 0.3 is 0 Å². The number of benzene rings is 1. The standard InChI is InChI=1S/C17H21BrN2O/c1-5-20-10-13(18)9-15(20)17(21)19-16-12(4)7-6-8-14(16)11(2)3/h6-11H,5H2,1-4H3,(H,19,21). The molecular formula is C17H21BrN2O. The van der Waals surface area contributed by atoms with Crippen molar-refractivity contribution in [2.45, 2.75) is 40.2 Å². The Morgan fingerprint density at radius 3 is 2.71 bits per heavy atom. The van der Waals surface area contributed by atoms with Gasteiger partial charge in [-0.3, -0.25) is 4.79 Å². The molecule has 0 fully saturated rings. The zero-order chi connectivity index (χ0) is 15.6. The molecule has 1 aromatic carbocycles. The van der Waals surface area contributed by atoms with Crippen molar-refractivity contribution in [2.24, 2.45) is 0 Å². The fourth-order valence-electron chi connectivity index (χ4n) is 2.45. The number of nitrogens with one attached hydrogen (secondary N) is 1. The highest BCUT2D eigenvalue weighted by atomic mass is 79.9. The van der Waals surface area contributed by atoms with Crippen LogP contribution in [-0.2, 0) is 6.54 Å². The summed E-state index contributed by atoms with van der Waals surface area (Å²) in [5, 5.41) is 3.08. The van der Waals surface area contributed by atoms with E-state index < -0.39 is 0 Å². The van der Waals surface area contributed by atoms with Crippen molar-refractivity contribution >= 4 is 27.5 Å². The van der Waals surface area contributed by atoms with Crippen LogP contribution >= 0.6 is 15.9 Å². The van der Waals surface area contributed by atoms with Gasteiger partial charge in [-0.15, -0.1) is 0 Å². The van der Waals surface area contributed by atoms with Crippen LogP contribution in [-0.4, -0.2) is 10.5 Å². The average molecular weight is 349 g/mol. The molecule has 0 saturated carbocycles. The number of anilines is 1. The number of hydrogen-bond donors (Lipinski definition) is 1. The van der Waals surface area contributed by atoms with Crippen molar-refractivity contribution in [3.63, 3.8) is 0 Å². The Morgan fingerprint density at radius 1 is 1.38 bits per heavy atom. The molecule has 0 bridgehead atoms. The van der Waals surface area contributed by atoms with Gasteiger partial charge in [-0.05, 0) is 52.9 Å². The third-order valence-electron chi connectivity index (χ3n) is 3.60. The van der Waals surface area contributed by atoms with Crippen LogP contribution in [0.15, 0.2) is 34.9 Å². The molecule has 1 aromatic heterocycles. The molecule has 112 valence electrons. The fourth-order valence-corrected chi connectivity index (χ4v) is 2.91. The smallest absolute Gasteiger partial charge is 0.272 e. The van der Waals surface area contributed by atoms with Crippen LogP contribution in [0.5, 0.6) is 0 Å². The van der Waals surface area contributed by atoms with Crippen LogP contribution in [0.25, 0.3) is 0 Å². The number of amides is 1. The molecule has 0 aliphatic carbocycles. The molecule has 0 aliphatic heterocycles. The lowest BCUT2D eigenvalue weighted by Gasteiger charge is -2.16. The maximum absolute atomic E-state index is 12.6. The zero-order valence-corrected chi connectivity index (χ0v) is 14.5. The van der Waals surface area contributed by atoms with E-state index in [0.29, 0.717) is 11.6 Å². The van der Waals surface area contributed by atoms with Gasteiger partial charge in [0.2, 0.25) is 0 Å². The summed E-state index contributed by atoms with van der Waals surface area (Å²) in [6, 6.07) is 7.98. The van der Waals surface area contributed by atoms with Gasteiger partial charge in [0.05, 0.1) is 0 Å². The Labute approximate surface area is 134 Å². The van der Waals surface area contributed by atoms with E-state index in [1.54, 1.807) is 0 Å². The Morgan fingerprint density at radius 2 is 2.10 bits per heavy atom. The van der Waals surface area contributed by atoms with Crippen molar-refractivity contribution in [2.75, 3.05) is 5.32 Å². The second-order valence-electron chi connectivity index (χ2n) is 5.48. The van der Waals surface area contributed by atoms with E-state index in [0.717, 1.165) is 27.8 Å². The number of halogens is 1. The summed E-state index contributed by atoms with van der Waals surface area (Å²) in [7, 11) is 0. The first-order chi connectivity index (χ1) is 9.93. The zero-order valence-electron chi connectivity index (χ0n) is 12.9. The third-order valence-corrected chi connectivity index (χ3v) is 4.04. The lowest BCUT2D eigenvalue weighted by atomic mass is 9.98. The maximum atomic E-state index is 12.6. The Kier molecular flexibility index (Phi) is 4.88. The maximum Gasteiger partial charge on any atom is 0.272 e. The van der Waals surface area contributed by atoms with Crippen LogP contribution in [0.4, 0.5) is 5.69 Å². The van der Waals surface area contributed by atoms with E-state index in [1.165, 1.54) is 0 Å². The van der Waals surface area contributed by atoms with Gasteiger partial charge in [-0.1, -0.05) is 32.0 Å². The molecule has 0 atom stereocenters. The van der Waals surface area contributed by atoms with E-state index in [4.69, 9.17) is 0 Å². The number of aromatic nitrogens is 1. The van der Waals surface area contributed by atoms with E-state index >= 15 is 0 Å². The highest BCUT2D eigenvalue weighted by Gasteiger charge is 2.16. The topological polar surface area (TPSA) is 34.0 Å². The van der Waals surface area contributed by atoms with Crippen LogP contribution in [0, 0.1) is 6.92 Å². The summed E-state index contributed by atoms with van der Waals surface area (Å²) in [5.41, 5.74) is 3.85. The molecule has 1 heterocycles. The predicted octanol–water partition coefficient (Wildman–Crippen LogP) is 4.95. The molecule has 0 radical (unpaired) electrons. The number of carbonyl (C=O) groups is 1. The summed E-state index contributed by atoms with van der Waals surface area (Å²) in [5.74, 6) is 0.295. The van der Waals surface area contributed by atoms with Gasteiger partial charge in [0.15, 0.2) is 0 Å². The third kappa shape index (κ3) is 3.38. The monoisotopic (exact) mass is 348 g/mol. The van der Waals surface area contributed by atoms with E-state index in [-0.39, 0.29) is 5.91 Å². The number of aryl methyl sites for hydroxylation is 2. The van der Waals surface area contributed by atoms with Crippen molar-refractivity contribution < 1.29 is 4.79 Å². The fraction of sp³-hybridized carbons (Fsp3) is 0.353. The molecule has 4 heteroatoms. The van der Waals surface area contributed by atoms with Gasteiger partial charge in [0.25, 0.3) is 5.91 Å². The molecule has 0 saturated heterocycles. The normalized spacial score (nSPS) is 11.0. The number of carbonyl (C=O) groups excluding carboxylic acids is 1. The molecule has 0 aliphatic rings. The van der Waals surface area contributed by atoms with E-state index in [1.807, 2.05) is 42.8 Å². The Hall–Kier alpha value is -1.55. The average Bonchev–Trinajstić information content (AvgIpc) is 2.82. The molecule has 0 unspecified atom stereocenters. The molecule has 3 nitrogen and oxygen atoms in total. The number of hydrogen-bond acceptors (Lipinski definition) is 1. The highest BCUT2D eigenvalue weighted by Crippen LogP contribution is 2.28. The largest absolute Gasteiger partial charge is 0.343 e. The minimum absolute atomic E-state index is 0.0706. The summed E-state index contributed by atoms with van der Waals surface area (Å²) >= 11 is 3.43. The quantitative estimate of drug-likeness (QED) is 0.832. The summed E-state index contributed by atoms with van der Waals surface area (Å²) in [4.78, 5) is 12.6. The van der Waals surface area contributed by atoms with Crippen LogP contribution in [0.3, 0.4) is 0 Å². The van der Waals surface area contributed by atoms with Crippen molar-refractivity contribution in [1.82, 2.24) is 4.57 Å². The number of nitrogens with zero attached hydrogens (tertiary/aromatic N) is 1. The molecular weight excluding hydrogens is 328 g/mol. The van der Waals surface area contributed by atoms with Gasteiger partial charge in [0, 0.05) is 22.9 Å². The summed E-state index contributed by atoms with van der Waals surface area (Å²) in [6.45, 7) is 9.08. The van der Waals surface area contributed by atoms with Crippen LogP contribution < -0.4 is 5.32 Å². The Balaban J connectivity index is 2.36. The molecule has 1 amide bonds. The summed E-state index contributed by atoms with van der Waals surface area (Å²) in [6.07, 6.45) is 1.93. The Bertz CT molecular complexity index is 659. The molecule has 1 N–H and O–H groups in total. The van der Waals surface area contributed by atoms with Gasteiger partial charge in [0.1, 0.15) is 5.69 Å². The van der Waals surface area contributed by atoms with Crippen LogP contribution in [0.1, 0.15) is 48.3 Å². The summed E-state index contributed by atoms with van der Waals surface area (Å²) < 4.78 is 2.86. The molecule has 2 aromatic rings. The lowest BCUT2D eigenvalue weighted by molar-refractivity contribution is 0.101. The van der Waals surface area contributed by atoms with E-state index in [2.05, 4.69) is 41.2 Å². The van der Waals surface area contributed by atoms with Crippen molar-refractivity contribution in [3.8, 4) is 0 Å². The van der Waals surface area contributed by atoms with Gasteiger partial charge < -0.3 is 9.88 Å². The molecule has 21 heavy (non-hydrogen) atoms. The van der Waals surface area contributed by atoms with Gasteiger partial charge in [-0.25, -0.2) is 0 Å². The van der Waals surface area contributed by atoms with Crippen molar-refractivity contribution in [3.05, 3.63) is 51.8 Å². The SMILES string of the molecule is CCn1cc(Br)cc1C(=O)Nc1c(C)cccc1C(C)C. The predicted molar refractivity (Wildman–Crippen MR) is 91.0 cm³/mol. The number of para-hydroxylation sites is 1. The van der Waals surface area contributed by atoms with E-state index in [9.17, 15) is 4.79 Å². The molecule has 0 spiro atoms. The number of rotatable bonds is 4. The first-order valence-corrected chi connectivity index (χ1v) is 7.99. The first-order valence-electron chi connectivity index (χ1n) is 7.20. The minimum Gasteiger partial charge on any atom is -0.343 e. The lowest BCUT2D eigenvalue weighted by Crippen LogP contribution is -2.18. The van der Waals surface area contributed by atoms with Gasteiger partial charge in [-0.2, -0.15) is 0 Å². The second-order valence-corrected chi connectivity index (χ2v) is 6.39. The minimum atomic E-state index is -0.0706. The first kappa shape index (κ1) is 15.8. The highest BCUT2D eigenvalue weighted by molar-refractivity contribution is 9.10. The van der Waals surface area contributed by atoms with Crippen molar-refractivity contribution in [1.29, 1.82) is 0 Å².